The zero-order chi connectivity index (χ0) is 22.0. The molecule has 0 bridgehead atoms. The summed E-state index contributed by atoms with van der Waals surface area (Å²) >= 11 is 0. The van der Waals surface area contributed by atoms with Crippen molar-refractivity contribution < 1.29 is 17.6 Å². The molecule has 3 aromatic carbocycles. The van der Waals surface area contributed by atoms with Crippen molar-refractivity contribution in [3.63, 3.8) is 0 Å². The van der Waals surface area contributed by atoms with E-state index in [9.17, 15) is 17.6 Å². The van der Waals surface area contributed by atoms with Crippen LogP contribution in [0.25, 0.3) is 5.57 Å². The second kappa shape index (κ2) is 8.55. The first-order valence-electron chi connectivity index (χ1n) is 9.53. The number of halogens is 4. The van der Waals surface area contributed by atoms with Crippen LogP contribution in [0, 0.1) is 29.2 Å². The Kier molecular flexibility index (Phi) is 5.66. The molecule has 0 radical (unpaired) electrons. The molecule has 0 amide bonds. The lowest BCUT2D eigenvalue weighted by atomic mass is 9.90. The van der Waals surface area contributed by atoms with Crippen LogP contribution < -0.4 is 5.32 Å². The Bertz CT molecular complexity index is 1180. The number of para-hydroxylation sites is 2. The second-order valence-electron chi connectivity index (χ2n) is 6.95. The van der Waals surface area contributed by atoms with E-state index in [1.165, 1.54) is 12.1 Å². The highest BCUT2D eigenvalue weighted by atomic mass is 19.1. The summed E-state index contributed by atoms with van der Waals surface area (Å²) in [6, 6.07) is 16.1. The highest BCUT2D eigenvalue weighted by Gasteiger charge is 2.25. The molecule has 1 unspecified atom stereocenters. The number of benzene rings is 3. The smallest absolute Gasteiger partial charge is 0.151 e. The van der Waals surface area contributed by atoms with Gasteiger partial charge in [0.2, 0.25) is 0 Å². The van der Waals surface area contributed by atoms with Crippen molar-refractivity contribution in [3.8, 4) is 0 Å². The van der Waals surface area contributed by atoms with Crippen molar-refractivity contribution >= 4 is 28.6 Å². The van der Waals surface area contributed by atoms with Gasteiger partial charge in [0.25, 0.3) is 0 Å². The normalized spacial score (nSPS) is 18.7. The average Bonchev–Trinajstić information content (AvgIpc) is 2.76. The molecule has 1 aliphatic heterocycles. The van der Waals surface area contributed by atoms with Gasteiger partial charge in [0, 0.05) is 5.92 Å². The molecule has 0 aliphatic carbocycles. The van der Waals surface area contributed by atoms with E-state index in [1.807, 2.05) is 37.3 Å². The summed E-state index contributed by atoms with van der Waals surface area (Å²) < 4.78 is 56.6. The van der Waals surface area contributed by atoms with Gasteiger partial charge in [0.05, 0.1) is 0 Å². The molecule has 1 heterocycles. The second-order valence-corrected chi connectivity index (χ2v) is 6.95. The first-order chi connectivity index (χ1) is 14.9. The van der Waals surface area contributed by atoms with Crippen molar-refractivity contribution in [1.29, 1.82) is 0 Å². The first kappa shape index (κ1) is 20.5. The largest absolute Gasteiger partial charge is 0.328 e. The number of amidine groups is 2. The van der Waals surface area contributed by atoms with Gasteiger partial charge in [-0.25, -0.2) is 27.5 Å². The van der Waals surface area contributed by atoms with Crippen LogP contribution in [0.3, 0.4) is 0 Å². The van der Waals surface area contributed by atoms with E-state index in [2.05, 4.69) is 15.3 Å². The summed E-state index contributed by atoms with van der Waals surface area (Å²) in [4.78, 5) is 8.23. The number of nitrogens with one attached hydrogen (secondary N) is 1. The minimum Gasteiger partial charge on any atom is -0.328 e. The summed E-state index contributed by atoms with van der Waals surface area (Å²) in [5.41, 5.74) is 0.618. The fourth-order valence-corrected chi connectivity index (χ4v) is 3.28. The third kappa shape index (κ3) is 4.26. The molecule has 0 spiro atoms. The summed E-state index contributed by atoms with van der Waals surface area (Å²) in [7, 11) is 0. The fraction of sp³-hybridized carbons (Fsp3) is 0.0833. The van der Waals surface area contributed by atoms with Crippen LogP contribution >= 0.6 is 0 Å². The summed E-state index contributed by atoms with van der Waals surface area (Å²) in [6.45, 7) is 1.81. The molecule has 1 aliphatic rings. The quantitative estimate of drug-likeness (QED) is 0.492. The van der Waals surface area contributed by atoms with Gasteiger partial charge in [0.15, 0.2) is 23.3 Å². The molecule has 0 aromatic heterocycles. The Balaban J connectivity index is 1.87. The minimum atomic E-state index is -0.832. The van der Waals surface area contributed by atoms with Gasteiger partial charge < -0.3 is 5.32 Å². The SMILES string of the molecule is CC1C(c2ccccc2)=CC(=Nc2c(F)cccc2F)NC1=Nc1c(F)cccc1F. The summed E-state index contributed by atoms with van der Waals surface area (Å²) in [5.74, 6) is -3.42. The van der Waals surface area contributed by atoms with Crippen molar-refractivity contribution in [2.45, 2.75) is 6.92 Å². The van der Waals surface area contributed by atoms with Crippen LogP contribution in [0.5, 0.6) is 0 Å². The van der Waals surface area contributed by atoms with E-state index >= 15 is 0 Å². The lowest BCUT2D eigenvalue weighted by Crippen LogP contribution is -2.38. The van der Waals surface area contributed by atoms with E-state index < -0.39 is 40.6 Å². The number of hydrogen-bond donors (Lipinski definition) is 1. The van der Waals surface area contributed by atoms with Gasteiger partial charge >= 0.3 is 0 Å². The van der Waals surface area contributed by atoms with Gasteiger partial charge in [-0.2, -0.15) is 0 Å². The van der Waals surface area contributed by atoms with Crippen LogP contribution in [0.4, 0.5) is 28.9 Å². The molecule has 3 nitrogen and oxygen atoms in total. The molecule has 1 atom stereocenters. The maximum atomic E-state index is 14.2. The van der Waals surface area contributed by atoms with Gasteiger partial charge in [-0.3, -0.25) is 0 Å². The monoisotopic (exact) mass is 423 g/mol. The zero-order valence-electron chi connectivity index (χ0n) is 16.4. The zero-order valence-corrected chi connectivity index (χ0v) is 16.4. The lowest BCUT2D eigenvalue weighted by Gasteiger charge is -2.26. The van der Waals surface area contributed by atoms with E-state index in [0.717, 1.165) is 35.4 Å². The Morgan fingerprint density at radius 1 is 0.677 bits per heavy atom. The Labute approximate surface area is 176 Å². The molecular weight excluding hydrogens is 406 g/mol. The highest BCUT2D eigenvalue weighted by molar-refractivity contribution is 6.18. The van der Waals surface area contributed by atoms with E-state index in [4.69, 9.17) is 0 Å². The predicted octanol–water partition coefficient (Wildman–Crippen LogP) is 6.33. The molecule has 31 heavy (non-hydrogen) atoms. The van der Waals surface area contributed by atoms with Gasteiger partial charge in [-0.15, -0.1) is 0 Å². The number of nitrogens with zero attached hydrogens (tertiary/aromatic N) is 2. The summed E-state index contributed by atoms with van der Waals surface area (Å²) in [5, 5.41) is 2.87. The van der Waals surface area contributed by atoms with Crippen molar-refractivity contribution in [2.24, 2.45) is 15.9 Å². The van der Waals surface area contributed by atoms with Gasteiger partial charge in [0.1, 0.15) is 23.0 Å². The highest BCUT2D eigenvalue weighted by Crippen LogP contribution is 2.31. The summed E-state index contributed by atoms with van der Waals surface area (Å²) in [6.07, 6.45) is 1.64. The maximum Gasteiger partial charge on any atom is 0.151 e. The fourth-order valence-electron chi connectivity index (χ4n) is 3.28. The topological polar surface area (TPSA) is 36.8 Å². The van der Waals surface area contributed by atoms with E-state index in [-0.39, 0.29) is 11.7 Å². The molecular formula is C24H17F4N3. The first-order valence-corrected chi connectivity index (χ1v) is 9.53. The van der Waals surface area contributed by atoms with E-state index in [0.29, 0.717) is 0 Å². The van der Waals surface area contributed by atoms with Crippen molar-refractivity contribution in [3.05, 3.63) is 102 Å². The standard InChI is InChI=1S/C24H17F4N3/c1-14-16(15-7-3-2-4-8-15)13-21(29-22-17(25)9-5-10-18(22)26)30-24(14)31-23-19(27)11-6-12-20(23)28/h2-14H,1H3,(H,29,30,31). The number of rotatable bonds is 3. The van der Waals surface area contributed by atoms with Gasteiger partial charge in [-0.05, 0) is 41.5 Å². The molecule has 156 valence electrons. The molecule has 0 saturated carbocycles. The van der Waals surface area contributed by atoms with Crippen LogP contribution in [0.1, 0.15) is 12.5 Å². The Morgan fingerprint density at radius 3 is 1.74 bits per heavy atom. The van der Waals surface area contributed by atoms with Crippen molar-refractivity contribution in [2.75, 3.05) is 0 Å². The predicted molar refractivity (Wildman–Crippen MR) is 114 cm³/mol. The Hall–Kier alpha value is -3.74. The minimum absolute atomic E-state index is 0.0939. The van der Waals surface area contributed by atoms with Crippen LogP contribution in [0.2, 0.25) is 0 Å². The number of aliphatic imine (C=N–C) groups is 2. The lowest BCUT2D eigenvalue weighted by molar-refractivity contribution is 0.587. The van der Waals surface area contributed by atoms with Crippen LogP contribution in [-0.4, -0.2) is 11.7 Å². The Morgan fingerprint density at radius 2 is 1.19 bits per heavy atom. The molecule has 1 N–H and O–H groups in total. The maximum absolute atomic E-state index is 14.2. The van der Waals surface area contributed by atoms with Crippen LogP contribution in [-0.2, 0) is 0 Å². The average molecular weight is 423 g/mol. The molecule has 3 aromatic rings. The van der Waals surface area contributed by atoms with E-state index in [1.54, 1.807) is 6.08 Å². The molecule has 7 heteroatoms. The number of hydrogen-bond acceptors (Lipinski definition) is 2. The van der Waals surface area contributed by atoms with Crippen LogP contribution in [0.15, 0.2) is 82.8 Å². The van der Waals surface area contributed by atoms with Gasteiger partial charge in [-0.1, -0.05) is 49.4 Å². The molecule has 0 fully saturated rings. The third-order valence-electron chi connectivity index (χ3n) is 4.87. The molecule has 4 rings (SSSR count). The molecule has 0 saturated heterocycles. The van der Waals surface area contributed by atoms with Crippen molar-refractivity contribution in [1.82, 2.24) is 5.32 Å². The third-order valence-corrected chi connectivity index (χ3v) is 4.87.